The van der Waals surface area contributed by atoms with Gasteiger partial charge in [0.25, 0.3) is 0 Å². The topological polar surface area (TPSA) is 17.1 Å². The van der Waals surface area contributed by atoms with Crippen molar-refractivity contribution in [1.82, 2.24) is 0 Å². The van der Waals surface area contributed by atoms with Crippen LogP contribution in [0, 0.1) is 6.92 Å². The molecule has 0 aliphatic rings. The van der Waals surface area contributed by atoms with Gasteiger partial charge in [0.2, 0.25) is 0 Å². The molecule has 5 aromatic carbocycles. The molecule has 0 heterocycles. The first-order valence-electron chi connectivity index (χ1n) is 9.81. The van der Waals surface area contributed by atoms with Crippen molar-refractivity contribution in [2.45, 2.75) is 16.7 Å². The summed E-state index contributed by atoms with van der Waals surface area (Å²) in [5.74, 6) is 0. The Hall–Kier alpha value is -2.94. The van der Waals surface area contributed by atoms with Gasteiger partial charge in [-0.1, -0.05) is 90.0 Å². The zero-order chi connectivity index (χ0) is 20.7. The fourth-order valence-corrected chi connectivity index (χ4v) is 5.58. The maximum absolute atomic E-state index is 14.0. The third-order valence-corrected chi connectivity index (χ3v) is 7.15. The average molecular weight is 427 g/mol. The van der Waals surface area contributed by atoms with Gasteiger partial charge < -0.3 is 0 Å². The minimum absolute atomic E-state index is 0.669. The van der Waals surface area contributed by atoms with Crippen LogP contribution in [0.3, 0.4) is 0 Å². The smallest absolute Gasteiger partial charge is 0.0862 e. The van der Waals surface area contributed by atoms with Crippen LogP contribution in [0.15, 0.2) is 107 Å². The van der Waals surface area contributed by atoms with Crippen LogP contribution >= 0.6 is 11.6 Å². The van der Waals surface area contributed by atoms with Crippen molar-refractivity contribution in [2.75, 3.05) is 0 Å². The summed E-state index contributed by atoms with van der Waals surface area (Å²) in [5.41, 5.74) is 3.16. The van der Waals surface area contributed by atoms with Crippen molar-refractivity contribution in [3.05, 3.63) is 108 Å². The van der Waals surface area contributed by atoms with Crippen LogP contribution in [0.25, 0.3) is 32.7 Å². The number of fused-ring (bicyclic) bond motifs is 3. The van der Waals surface area contributed by atoms with Crippen molar-refractivity contribution in [3.63, 3.8) is 0 Å². The number of rotatable bonds is 3. The van der Waals surface area contributed by atoms with Crippen LogP contribution in [-0.4, -0.2) is 4.21 Å². The van der Waals surface area contributed by atoms with E-state index >= 15 is 0 Å². The Morgan fingerprint density at radius 2 is 1.30 bits per heavy atom. The summed E-state index contributed by atoms with van der Waals surface area (Å²) in [4.78, 5) is 1.62. The van der Waals surface area contributed by atoms with Gasteiger partial charge in [-0.3, -0.25) is 0 Å². The van der Waals surface area contributed by atoms with E-state index in [1.807, 2.05) is 73.7 Å². The Morgan fingerprint density at radius 1 is 0.667 bits per heavy atom. The Balaban J connectivity index is 1.96. The van der Waals surface area contributed by atoms with Gasteiger partial charge in [0.05, 0.1) is 15.7 Å². The summed E-state index contributed by atoms with van der Waals surface area (Å²) < 4.78 is 14.0. The van der Waals surface area contributed by atoms with Gasteiger partial charge in [-0.05, 0) is 58.3 Å². The van der Waals surface area contributed by atoms with Gasteiger partial charge in [-0.25, -0.2) is 4.21 Å². The van der Waals surface area contributed by atoms with E-state index in [9.17, 15) is 4.21 Å². The minimum atomic E-state index is -1.35. The van der Waals surface area contributed by atoms with E-state index in [0.717, 1.165) is 48.0 Å². The summed E-state index contributed by atoms with van der Waals surface area (Å²) in [6.45, 7) is 2.04. The molecule has 1 unspecified atom stereocenters. The van der Waals surface area contributed by atoms with Gasteiger partial charge in [-0.15, -0.1) is 0 Å². The second-order valence-electron chi connectivity index (χ2n) is 7.39. The lowest BCUT2D eigenvalue weighted by Crippen LogP contribution is -1.99. The lowest BCUT2D eigenvalue weighted by molar-refractivity contribution is 0.684. The van der Waals surface area contributed by atoms with Gasteiger partial charge in [0, 0.05) is 15.5 Å². The molecule has 3 heteroatoms. The SMILES string of the molecule is Cc1ccc(S(=O)c2c(-c3ccccc3)c3cc(Cl)ccc3c3ccccc23)cc1. The van der Waals surface area contributed by atoms with Crippen molar-refractivity contribution < 1.29 is 4.21 Å². The molecule has 0 radical (unpaired) electrons. The molecule has 0 aliphatic carbocycles. The molecule has 1 atom stereocenters. The lowest BCUT2D eigenvalue weighted by Gasteiger charge is -2.18. The highest BCUT2D eigenvalue weighted by Crippen LogP contribution is 2.42. The largest absolute Gasteiger partial charge is 0.249 e. The fourth-order valence-electron chi connectivity index (χ4n) is 3.99. The summed E-state index contributed by atoms with van der Waals surface area (Å²) in [6.07, 6.45) is 0. The van der Waals surface area contributed by atoms with Gasteiger partial charge >= 0.3 is 0 Å². The molecule has 0 amide bonds. The Bertz CT molecular complexity index is 1410. The van der Waals surface area contributed by atoms with Crippen molar-refractivity contribution in [1.29, 1.82) is 0 Å². The highest BCUT2D eigenvalue weighted by molar-refractivity contribution is 7.85. The van der Waals surface area contributed by atoms with Crippen LogP contribution in [0.1, 0.15) is 5.56 Å². The highest BCUT2D eigenvalue weighted by atomic mass is 35.5. The number of hydrogen-bond acceptors (Lipinski definition) is 1. The Kier molecular flexibility index (Phi) is 4.90. The molecule has 0 aromatic heterocycles. The number of aryl methyl sites for hydroxylation is 1. The number of hydrogen-bond donors (Lipinski definition) is 0. The van der Waals surface area contributed by atoms with Gasteiger partial charge in [0.15, 0.2) is 0 Å². The molecule has 0 N–H and O–H groups in total. The van der Waals surface area contributed by atoms with Crippen LogP contribution in [0.4, 0.5) is 0 Å². The van der Waals surface area contributed by atoms with Crippen LogP contribution in [0.2, 0.25) is 5.02 Å². The molecule has 1 nitrogen and oxygen atoms in total. The zero-order valence-corrected chi connectivity index (χ0v) is 18.0. The molecule has 0 saturated carbocycles. The van der Waals surface area contributed by atoms with E-state index in [4.69, 9.17) is 11.6 Å². The molecule has 0 aliphatic heterocycles. The van der Waals surface area contributed by atoms with Crippen LogP contribution in [0.5, 0.6) is 0 Å². The second kappa shape index (κ2) is 7.71. The average Bonchev–Trinajstić information content (AvgIpc) is 2.78. The number of benzene rings is 5. The first kappa shape index (κ1) is 19.0. The highest BCUT2D eigenvalue weighted by Gasteiger charge is 2.21. The second-order valence-corrected chi connectivity index (χ2v) is 9.24. The predicted octanol–water partition coefficient (Wildman–Crippen LogP) is 7.79. The third-order valence-electron chi connectivity index (χ3n) is 5.42. The van der Waals surface area contributed by atoms with Gasteiger partial charge in [-0.2, -0.15) is 0 Å². The standard InChI is InChI=1S/C27H19ClOS/c1-18-11-14-21(15-12-18)30(29)27-24-10-6-5-9-22(24)23-16-13-20(28)17-25(23)26(27)19-7-3-2-4-8-19/h2-17H,1H3. The molecular weight excluding hydrogens is 408 g/mol. The monoisotopic (exact) mass is 426 g/mol. The minimum Gasteiger partial charge on any atom is -0.249 e. The summed E-state index contributed by atoms with van der Waals surface area (Å²) in [7, 11) is -1.35. The first-order chi connectivity index (χ1) is 14.6. The molecule has 0 saturated heterocycles. The Morgan fingerprint density at radius 3 is 2.03 bits per heavy atom. The van der Waals surface area contributed by atoms with Gasteiger partial charge in [0.1, 0.15) is 0 Å². The van der Waals surface area contributed by atoms with E-state index in [-0.39, 0.29) is 0 Å². The molecule has 5 aromatic rings. The van der Waals surface area contributed by atoms with Crippen molar-refractivity contribution >= 4 is 43.9 Å². The van der Waals surface area contributed by atoms with E-state index in [1.54, 1.807) is 0 Å². The normalized spacial score (nSPS) is 12.3. The van der Waals surface area contributed by atoms with E-state index in [0.29, 0.717) is 5.02 Å². The summed E-state index contributed by atoms with van der Waals surface area (Å²) in [5, 5.41) is 4.88. The zero-order valence-electron chi connectivity index (χ0n) is 16.4. The van der Waals surface area contributed by atoms with Crippen molar-refractivity contribution in [2.24, 2.45) is 0 Å². The van der Waals surface area contributed by atoms with Crippen LogP contribution < -0.4 is 0 Å². The molecule has 30 heavy (non-hydrogen) atoms. The maximum atomic E-state index is 14.0. The fraction of sp³-hybridized carbons (Fsp3) is 0.0370. The first-order valence-corrected chi connectivity index (χ1v) is 11.3. The molecule has 146 valence electrons. The van der Waals surface area contributed by atoms with Crippen molar-refractivity contribution in [3.8, 4) is 11.1 Å². The quantitative estimate of drug-likeness (QED) is 0.269. The lowest BCUT2D eigenvalue weighted by atomic mass is 9.93. The van der Waals surface area contributed by atoms with E-state index in [1.165, 1.54) is 0 Å². The molecule has 0 bridgehead atoms. The summed E-state index contributed by atoms with van der Waals surface area (Å²) in [6, 6.07) is 32.3. The predicted molar refractivity (Wildman–Crippen MR) is 128 cm³/mol. The molecule has 0 fully saturated rings. The number of halogens is 1. The van der Waals surface area contributed by atoms with E-state index in [2.05, 4.69) is 30.3 Å². The molecule has 5 rings (SSSR count). The third kappa shape index (κ3) is 3.23. The maximum Gasteiger partial charge on any atom is 0.0862 e. The molecular formula is C27H19ClOS. The summed E-state index contributed by atoms with van der Waals surface area (Å²) >= 11 is 6.42. The Labute approximate surface area is 183 Å². The van der Waals surface area contributed by atoms with Crippen LogP contribution in [-0.2, 0) is 10.8 Å². The van der Waals surface area contributed by atoms with E-state index < -0.39 is 10.8 Å². The molecule has 0 spiro atoms.